The van der Waals surface area contributed by atoms with Crippen LogP contribution in [-0.4, -0.2) is 20.7 Å². The molecule has 4 aromatic rings. The minimum atomic E-state index is -0.140. The molecule has 2 aromatic carbocycles. The molecule has 4 rings (SSSR count). The molecular formula is C23H22N4O. The van der Waals surface area contributed by atoms with Crippen LogP contribution in [0.4, 0.5) is 5.69 Å². The number of carbonyl (C=O) groups excluding carboxylic acids is 1. The lowest BCUT2D eigenvalue weighted by Crippen LogP contribution is -2.15. The van der Waals surface area contributed by atoms with E-state index in [-0.39, 0.29) is 5.91 Å². The molecule has 0 saturated heterocycles. The Labute approximate surface area is 164 Å². The highest BCUT2D eigenvalue weighted by Gasteiger charge is 2.17. The second-order valence-corrected chi connectivity index (χ2v) is 7.06. The molecule has 0 aliphatic carbocycles. The molecule has 0 saturated carbocycles. The summed E-state index contributed by atoms with van der Waals surface area (Å²) in [5.41, 5.74) is 6.99. The van der Waals surface area contributed by atoms with Crippen molar-refractivity contribution in [2.75, 3.05) is 5.32 Å². The maximum atomic E-state index is 13.2. The lowest BCUT2D eigenvalue weighted by Gasteiger charge is -2.14. The zero-order valence-corrected chi connectivity index (χ0v) is 16.4. The van der Waals surface area contributed by atoms with Crippen molar-refractivity contribution in [3.8, 4) is 11.3 Å². The Hall–Kier alpha value is -3.47. The molecule has 0 aliphatic heterocycles. The molecule has 1 N–H and O–H groups in total. The summed E-state index contributed by atoms with van der Waals surface area (Å²) in [7, 11) is 1.90. The normalized spacial score (nSPS) is 11.0. The SMILES string of the molecule is Cc1cccc(C)c1NC(=O)c1cc(-c2cnn(C)c2C)nc2ccccc12. The van der Waals surface area contributed by atoms with E-state index < -0.39 is 0 Å². The number of benzene rings is 2. The molecule has 0 unspecified atom stereocenters. The zero-order valence-electron chi connectivity index (χ0n) is 16.4. The number of hydrogen-bond donors (Lipinski definition) is 1. The lowest BCUT2D eigenvalue weighted by molar-refractivity contribution is 0.102. The van der Waals surface area contributed by atoms with Gasteiger partial charge in [-0.25, -0.2) is 4.98 Å². The number of aromatic nitrogens is 3. The molecule has 5 heteroatoms. The molecule has 0 bridgehead atoms. The topological polar surface area (TPSA) is 59.8 Å². The van der Waals surface area contributed by atoms with E-state index in [2.05, 4.69) is 10.4 Å². The summed E-state index contributed by atoms with van der Waals surface area (Å²) in [6, 6.07) is 15.6. The number of nitrogens with zero attached hydrogens (tertiary/aromatic N) is 3. The molecule has 140 valence electrons. The van der Waals surface area contributed by atoms with Crippen molar-refractivity contribution >= 4 is 22.5 Å². The number of rotatable bonds is 3. The average Bonchev–Trinajstić information content (AvgIpc) is 3.02. The molecule has 5 nitrogen and oxygen atoms in total. The van der Waals surface area contributed by atoms with Crippen LogP contribution in [0.1, 0.15) is 27.2 Å². The van der Waals surface area contributed by atoms with E-state index >= 15 is 0 Å². The number of pyridine rings is 1. The van der Waals surface area contributed by atoms with Crippen LogP contribution < -0.4 is 5.32 Å². The van der Waals surface area contributed by atoms with Crippen molar-refractivity contribution in [1.82, 2.24) is 14.8 Å². The Morgan fingerprint density at radius 2 is 1.71 bits per heavy atom. The molecule has 28 heavy (non-hydrogen) atoms. The smallest absolute Gasteiger partial charge is 0.256 e. The van der Waals surface area contributed by atoms with Crippen LogP contribution in [0.2, 0.25) is 0 Å². The Kier molecular flexibility index (Phi) is 4.43. The molecule has 0 aliphatic rings. The van der Waals surface area contributed by atoms with Gasteiger partial charge in [0.1, 0.15) is 0 Å². The van der Waals surface area contributed by atoms with Gasteiger partial charge in [0, 0.05) is 29.4 Å². The van der Waals surface area contributed by atoms with Crippen LogP contribution >= 0.6 is 0 Å². The van der Waals surface area contributed by atoms with Crippen molar-refractivity contribution in [2.45, 2.75) is 20.8 Å². The number of carbonyl (C=O) groups is 1. The molecule has 0 spiro atoms. The van der Waals surface area contributed by atoms with Crippen molar-refractivity contribution in [1.29, 1.82) is 0 Å². The van der Waals surface area contributed by atoms with Gasteiger partial charge < -0.3 is 5.32 Å². The lowest BCUT2D eigenvalue weighted by atomic mass is 10.0. The molecule has 0 fully saturated rings. The van der Waals surface area contributed by atoms with Gasteiger partial charge in [-0.1, -0.05) is 36.4 Å². The van der Waals surface area contributed by atoms with E-state index in [1.165, 1.54) is 0 Å². The summed E-state index contributed by atoms with van der Waals surface area (Å²) in [5, 5.41) is 8.24. The number of amides is 1. The van der Waals surface area contributed by atoms with Gasteiger partial charge in [0.2, 0.25) is 0 Å². The first kappa shape index (κ1) is 17.9. The van der Waals surface area contributed by atoms with Crippen molar-refractivity contribution in [3.63, 3.8) is 0 Å². The Morgan fingerprint density at radius 1 is 1.00 bits per heavy atom. The molecule has 1 amide bonds. The highest BCUT2D eigenvalue weighted by molar-refractivity contribution is 6.13. The first-order valence-electron chi connectivity index (χ1n) is 9.22. The first-order chi connectivity index (χ1) is 13.5. The highest BCUT2D eigenvalue weighted by atomic mass is 16.1. The fourth-order valence-corrected chi connectivity index (χ4v) is 3.44. The van der Waals surface area contributed by atoms with E-state index in [9.17, 15) is 4.79 Å². The number of fused-ring (bicyclic) bond motifs is 1. The number of para-hydroxylation sites is 2. The monoisotopic (exact) mass is 370 g/mol. The summed E-state index contributed by atoms with van der Waals surface area (Å²) < 4.78 is 1.81. The van der Waals surface area contributed by atoms with Crippen LogP contribution in [0.25, 0.3) is 22.2 Å². The fourth-order valence-electron chi connectivity index (χ4n) is 3.44. The predicted octanol–water partition coefficient (Wildman–Crippen LogP) is 4.81. The van der Waals surface area contributed by atoms with Crippen LogP contribution in [0.5, 0.6) is 0 Å². The molecule has 0 atom stereocenters. The molecular weight excluding hydrogens is 348 g/mol. The first-order valence-corrected chi connectivity index (χ1v) is 9.22. The van der Waals surface area contributed by atoms with Crippen LogP contribution in [0.3, 0.4) is 0 Å². The van der Waals surface area contributed by atoms with E-state index in [1.54, 1.807) is 6.20 Å². The van der Waals surface area contributed by atoms with Crippen LogP contribution in [0, 0.1) is 20.8 Å². The quantitative estimate of drug-likeness (QED) is 0.563. The third kappa shape index (κ3) is 3.05. The molecule has 2 heterocycles. The summed E-state index contributed by atoms with van der Waals surface area (Å²) in [5.74, 6) is -0.140. The largest absolute Gasteiger partial charge is 0.321 e. The van der Waals surface area contributed by atoms with Crippen LogP contribution in [-0.2, 0) is 7.05 Å². The highest BCUT2D eigenvalue weighted by Crippen LogP contribution is 2.28. The van der Waals surface area contributed by atoms with Gasteiger partial charge in [-0.3, -0.25) is 9.48 Å². The second kappa shape index (κ2) is 6.93. The van der Waals surface area contributed by atoms with Gasteiger partial charge in [0.25, 0.3) is 5.91 Å². The number of anilines is 1. The third-order valence-electron chi connectivity index (χ3n) is 5.19. The minimum Gasteiger partial charge on any atom is -0.321 e. The van der Waals surface area contributed by atoms with E-state index in [4.69, 9.17) is 4.98 Å². The Bertz CT molecular complexity index is 1190. The standard InChI is InChI=1S/C23H22N4O/c1-14-8-7-9-15(2)22(14)26-23(28)18-12-21(19-13-24-27(4)16(19)3)25-20-11-6-5-10-17(18)20/h5-13H,1-4H3,(H,26,28). The minimum absolute atomic E-state index is 0.140. The van der Waals surface area contributed by atoms with Gasteiger partial charge in [-0.15, -0.1) is 0 Å². The number of hydrogen-bond acceptors (Lipinski definition) is 3. The summed E-state index contributed by atoms with van der Waals surface area (Å²) in [6.45, 7) is 5.99. The molecule has 2 aromatic heterocycles. The number of aryl methyl sites for hydroxylation is 3. The van der Waals surface area contributed by atoms with Gasteiger partial charge in [0.15, 0.2) is 0 Å². The van der Waals surface area contributed by atoms with Crippen molar-refractivity contribution < 1.29 is 4.79 Å². The Balaban J connectivity index is 1.86. The maximum absolute atomic E-state index is 13.2. The maximum Gasteiger partial charge on any atom is 0.256 e. The van der Waals surface area contributed by atoms with Gasteiger partial charge in [-0.2, -0.15) is 5.10 Å². The van der Waals surface area contributed by atoms with E-state index in [1.807, 2.05) is 81.0 Å². The summed E-state index contributed by atoms with van der Waals surface area (Å²) >= 11 is 0. The Morgan fingerprint density at radius 3 is 2.39 bits per heavy atom. The predicted molar refractivity (Wildman–Crippen MR) is 113 cm³/mol. The van der Waals surface area contributed by atoms with Crippen molar-refractivity contribution in [3.05, 3.63) is 77.1 Å². The van der Waals surface area contributed by atoms with Crippen LogP contribution in [0.15, 0.2) is 54.7 Å². The molecule has 0 radical (unpaired) electrons. The summed E-state index contributed by atoms with van der Waals surface area (Å²) in [4.78, 5) is 18.0. The average molecular weight is 370 g/mol. The van der Waals surface area contributed by atoms with E-state index in [0.29, 0.717) is 5.56 Å². The van der Waals surface area contributed by atoms with Gasteiger partial charge in [-0.05, 0) is 44.0 Å². The van der Waals surface area contributed by atoms with Gasteiger partial charge >= 0.3 is 0 Å². The fraction of sp³-hybridized carbons (Fsp3) is 0.174. The third-order valence-corrected chi connectivity index (χ3v) is 5.19. The van der Waals surface area contributed by atoms with Gasteiger partial charge in [0.05, 0.1) is 23.0 Å². The number of nitrogens with one attached hydrogen (secondary N) is 1. The summed E-state index contributed by atoms with van der Waals surface area (Å²) in [6.07, 6.45) is 1.79. The van der Waals surface area contributed by atoms with Crippen molar-refractivity contribution in [2.24, 2.45) is 7.05 Å². The van der Waals surface area contributed by atoms with E-state index in [0.717, 1.165) is 44.7 Å². The second-order valence-electron chi connectivity index (χ2n) is 7.06. The zero-order chi connectivity index (χ0) is 19.8.